The Balaban J connectivity index is 2.51. The van der Waals surface area contributed by atoms with Crippen LogP contribution < -0.4 is 0 Å². The van der Waals surface area contributed by atoms with Crippen LogP contribution in [0, 0.1) is 0 Å². The van der Waals surface area contributed by atoms with E-state index in [9.17, 15) is 13.5 Å². The summed E-state index contributed by atoms with van der Waals surface area (Å²) in [6.45, 7) is 2.04. The summed E-state index contributed by atoms with van der Waals surface area (Å²) in [5.41, 5.74) is 0.837. The lowest BCUT2D eigenvalue weighted by Crippen LogP contribution is -2.06. The van der Waals surface area contributed by atoms with Crippen molar-refractivity contribution in [3.8, 4) is 0 Å². The maximum Gasteiger partial charge on any atom is 0.147 e. The van der Waals surface area contributed by atoms with E-state index in [0.717, 1.165) is 23.4 Å². The second-order valence-electron chi connectivity index (χ2n) is 4.12. The molecule has 0 aliphatic rings. The molecule has 1 N–H and O–H groups in total. The van der Waals surface area contributed by atoms with Gasteiger partial charge in [-0.05, 0) is 30.8 Å². The van der Waals surface area contributed by atoms with E-state index >= 15 is 0 Å². The number of aliphatic hydroxyl groups is 1. The fraction of sp³-hybridized carbons (Fsp3) is 0.800. The van der Waals surface area contributed by atoms with Crippen LogP contribution in [0.25, 0.3) is 0 Å². The molecule has 1 rings (SSSR count). The number of aryl methyl sites for hydroxylation is 1. The predicted octanol–water partition coefficient (Wildman–Crippen LogP) is 1.35. The summed E-state index contributed by atoms with van der Waals surface area (Å²) in [5, 5.41) is 13.9. The summed E-state index contributed by atoms with van der Waals surface area (Å²) in [7, 11) is -2.95. The van der Waals surface area contributed by atoms with Crippen molar-refractivity contribution in [1.82, 2.24) is 9.59 Å². The number of rotatable bonds is 7. The molecular formula is C10H18N2O3S2. The fourth-order valence-corrected chi connectivity index (χ4v) is 2.95. The Morgan fingerprint density at radius 1 is 1.47 bits per heavy atom. The second-order valence-corrected chi connectivity index (χ2v) is 7.17. The third-order valence-electron chi connectivity index (χ3n) is 2.37. The summed E-state index contributed by atoms with van der Waals surface area (Å²) in [6, 6.07) is 0. The Hall–Kier alpha value is -0.530. The minimum atomic E-state index is -2.95. The van der Waals surface area contributed by atoms with E-state index in [-0.39, 0.29) is 5.75 Å². The molecule has 1 heterocycles. The first-order valence-corrected chi connectivity index (χ1v) is 8.44. The van der Waals surface area contributed by atoms with E-state index in [4.69, 9.17) is 0 Å². The highest BCUT2D eigenvalue weighted by atomic mass is 32.2. The van der Waals surface area contributed by atoms with Gasteiger partial charge in [0, 0.05) is 12.0 Å². The molecule has 0 radical (unpaired) electrons. The van der Waals surface area contributed by atoms with Gasteiger partial charge in [0.15, 0.2) is 0 Å². The van der Waals surface area contributed by atoms with Crippen LogP contribution in [0.5, 0.6) is 0 Å². The normalized spacial score (nSPS) is 13.8. The van der Waals surface area contributed by atoms with Gasteiger partial charge in [-0.25, -0.2) is 8.42 Å². The predicted molar refractivity (Wildman–Crippen MR) is 67.8 cm³/mol. The zero-order valence-corrected chi connectivity index (χ0v) is 11.7. The summed E-state index contributed by atoms with van der Waals surface area (Å²) in [5.74, 6) is 0.111. The van der Waals surface area contributed by atoms with Crippen LogP contribution in [0.15, 0.2) is 0 Å². The monoisotopic (exact) mass is 278 g/mol. The van der Waals surface area contributed by atoms with Crippen LogP contribution in [0.4, 0.5) is 0 Å². The van der Waals surface area contributed by atoms with E-state index in [1.165, 1.54) is 17.8 Å². The van der Waals surface area contributed by atoms with Crippen LogP contribution in [0.2, 0.25) is 0 Å². The molecule has 0 spiro atoms. The second kappa shape index (κ2) is 6.42. The van der Waals surface area contributed by atoms with Crippen LogP contribution in [-0.4, -0.2) is 35.1 Å². The average Bonchev–Trinajstić information content (AvgIpc) is 2.64. The van der Waals surface area contributed by atoms with Crippen LogP contribution in [0.3, 0.4) is 0 Å². The molecular weight excluding hydrogens is 260 g/mol. The van der Waals surface area contributed by atoms with Crippen molar-refractivity contribution in [1.29, 1.82) is 0 Å². The average molecular weight is 278 g/mol. The lowest BCUT2D eigenvalue weighted by Gasteiger charge is -2.08. The van der Waals surface area contributed by atoms with Gasteiger partial charge in [-0.1, -0.05) is 17.8 Å². The number of aromatic nitrogens is 2. The Kier molecular flexibility index (Phi) is 5.48. The molecule has 0 amide bonds. The zero-order chi connectivity index (χ0) is 12.9. The molecule has 1 atom stereocenters. The Morgan fingerprint density at radius 2 is 2.18 bits per heavy atom. The molecule has 5 nitrogen and oxygen atoms in total. The van der Waals surface area contributed by atoms with E-state index in [1.807, 2.05) is 6.92 Å². The van der Waals surface area contributed by atoms with E-state index in [2.05, 4.69) is 9.59 Å². The Labute approximate surface area is 106 Å². The highest BCUT2D eigenvalue weighted by Gasteiger charge is 2.16. The van der Waals surface area contributed by atoms with E-state index < -0.39 is 15.9 Å². The number of hydrogen-bond acceptors (Lipinski definition) is 6. The molecule has 0 aliphatic carbocycles. The van der Waals surface area contributed by atoms with Crippen molar-refractivity contribution in [3.63, 3.8) is 0 Å². The van der Waals surface area contributed by atoms with E-state index in [1.54, 1.807) is 0 Å². The highest BCUT2D eigenvalue weighted by molar-refractivity contribution is 7.90. The van der Waals surface area contributed by atoms with Gasteiger partial charge in [-0.3, -0.25) is 0 Å². The molecule has 0 bridgehead atoms. The van der Waals surface area contributed by atoms with Crippen molar-refractivity contribution in [3.05, 3.63) is 10.6 Å². The molecule has 1 unspecified atom stereocenters. The van der Waals surface area contributed by atoms with Gasteiger partial charge in [0.05, 0.1) is 16.7 Å². The minimum Gasteiger partial charge on any atom is -0.387 e. The van der Waals surface area contributed by atoms with Crippen LogP contribution >= 0.6 is 11.5 Å². The number of aliphatic hydroxyl groups excluding tert-OH is 1. The van der Waals surface area contributed by atoms with Crippen molar-refractivity contribution in [2.45, 2.75) is 38.7 Å². The summed E-state index contributed by atoms with van der Waals surface area (Å²) in [6.07, 6.45) is 3.22. The molecule has 98 valence electrons. The number of sulfone groups is 1. The largest absolute Gasteiger partial charge is 0.387 e. The van der Waals surface area contributed by atoms with Crippen molar-refractivity contribution >= 4 is 21.4 Å². The van der Waals surface area contributed by atoms with Gasteiger partial charge in [0.25, 0.3) is 0 Å². The number of nitrogens with zero attached hydrogens (tertiary/aromatic N) is 2. The molecule has 0 saturated heterocycles. The lowest BCUT2D eigenvalue weighted by atomic mass is 10.1. The third-order valence-corrected chi connectivity index (χ3v) is 4.27. The minimum absolute atomic E-state index is 0.111. The summed E-state index contributed by atoms with van der Waals surface area (Å²) >= 11 is 1.19. The molecule has 17 heavy (non-hydrogen) atoms. The van der Waals surface area contributed by atoms with Gasteiger partial charge in [-0.2, -0.15) is 0 Å². The first kappa shape index (κ1) is 14.5. The summed E-state index contributed by atoms with van der Waals surface area (Å²) in [4.78, 5) is 0.778. The molecule has 7 heteroatoms. The molecule has 0 saturated carbocycles. The van der Waals surface area contributed by atoms with Gasteiger partial charge in [0.2, 0.25) is 0 Å². The van der Waals surface area contributed by atoms with Crippen LogP contribution in [-0.2, 0) is 16.3 Å². The summed E-state index contributed by atoms with van der Waals surface area (Å²) < 4.78 is 25.8. The Morgan fingerprint density at radius 3 is 2.76 bits per heavy atom. The van der Waals surface area contributed by atoms with Crippen molar-refractivity contribution in [2.75, 3.05) is 12.0 Å². The van der Waals surface area contributed by atoms with Crippen LogP contribution in [0.1, 0.15) is 42.9 Å². The van der Waals surface area contributed by atoms with Crippen molar-refractivity contribution < 1.29 is 13.5 Å². The molecule has 0 aromatic carbocycles. The smallest absolute Gasteiger partial charge is 0.147 e. The van der Waals surface area contributed by atoms with Gasteiger partial charge in [-0.15, -0.1) is 5.10 Å². The zero-order valence-electron chi connectivity index (χ0n) is 10.1. The molecule has 1 aromatic rings. The topological polar surface area (TPSA) is 80.2 Å². The first-order chi connectivity index (χ1) is 7.94. The maximum atomic E-state index is 11.0. The Bertz CT molecular complexity index is 442. The fourth-order valence-electron chi connectivity index (χ4n) is 1.55. The van der Waals surface area contributed by atoms with Gasteiger partial charge >= 0.3 is 0 Å². The third kappa shape index (κ3) is 5.10. The molecule has 0 fully saturated rings. The van der Waals surface area contributed by atoms with Gasteiger partial charge in [0.1, 0.15) is 9.84 Å². The van der Waals surface area contributed by atoms with Gasteiger partial charge < -0.3 is 5.11 Å². The number of hydrogen-bond donors (Lipinski definition) is 1. The standard InChI is InChI=1S/C10H18N2O3S2/c1-3-5-8-10(16-12-11-8)9(13)6-4-7-17(2,14)15/h9,13H,3-7H2,1-2H3. The van der Waals surface area contributed by atoms with Crippen molar-refractivity contribution in [2.24, 2.45) is 0 Å². The quantitative estimate of drug-likeness (QED) is 0.814. The maximum absolute atomic E-state index is 11.0. The SMILES string of the molecule is CCCc1nnsc1C(O)CCCS(C)(=O)=O. The lowest BCUT2D eigenvalue weighted by molar-refractivity contribution is 0.169. The first-order valence-electron chi connectivity index (χ1n) is 5.61. The molecule has 1 aromatic heterocycles. The van der Waals surface area contributed by atoms with E-state index in [0.29, 0.717) is 12.8 Å². The molecule has 0 aliphatic heterocycles. The highest BCUT2D eigenvalue weighted by Crippen LogP contribution is 2.25.